The van der Waals surface area contributed by atoms with Crippen LogP contribution in [-0.2, 0) is 0 Å². The summed E-state index contributed by atoms with van der Waals surface area (Å²) in [4.78, 5) is 19.7. The van der Waals surface area contributed by atoms with E-state index >= 15 is 0 Å². The molecular weight excluding hydrogens is 452 g/mol. The van der Waals surface area contributed by atoms with Gasteiger partial charge in [0.1, 0.15) is 10.6 Å². The van der Waals surface area contributed by atoms with E-state index in [4.69, 9.17) is 27.1 Å². The molecule has 2 aromatic heterocycles. The van der Waals surface area contributed by atoms with E-state index in [2.05, 4.69) is 0 Å². The average Bonchev–Trinajstić information content (AvgIpc) is 2.86. The minimum Gasteiger partial charge on any atom is -0.497 e. The van der Waals surface area contributed by atoms with E-state index in [0.717, 1.165) is 33.7 Å². The zero-order valence-corrected chi connectivity index (χ0v) is 19.3. The minimum atomic E-state index is -0.230. The Morgan fingerprint density at radius 1 is 0.879 bits per heavy atom. The van der Waals surface area contributed by atoms with E-state index in [1.165, 1.54) is 11.3 Å². The number of pyridine rings is 1. The zero-order valence-electron chi connectivity index (χ0n) is 17.7. The van der Waals surface area contributed by atoms with Crippen molar-refractivity contribution in [3.05, 3.63) is 100 Å². The molecule has 5 rings (SSSR count). The molecule has 0 fully saturated rings. The monoisotopic (exact) mass is 470 g/mol. The van der Waals surface area contributed by atoms with Crippen LogP contribution in [0.15, 0.2) is 89.7 Å². The molecule has 33 heavy (non-hydrogen) atoms. The molecule has 3 aromatic carbocycles. The van der Waals surface area contributed by atoms with Crippen LogP contribution in [0.1, 0.15) is 0 Å². The van der Waals surface area contributed by atoms with Gasteiger partial charge in [0.25, 0.3) is 0 Å². The average molecular weight is 471 g/mol. The number of anilines is 1. The van der Waals surface area contributed by atoms with Crippen LogP contribution >= 0.6 is 22.9 Å². The molecule has 0 saturated heterocycles. The van der Waals surface area contributed by atoms with Crippen molar-refractivity contribution in [3.63, 3.8) is 0 Å². The van der Waals surface area contributed by atoms with Gasteiger partial charge in [0, 0.05) is 10.6 Å². The lowest BCUT2D eigenvalue weighted by Crippen LogP contribution is -2.11. The predicted molar refractivity (Wildman–Crippen MR) is 138 cm³/mol. The lowest BCUT2D eigenvalue weighted by Gasteiger charge is -2.13. The summed E-state index contributed by atoms with van der Waals surface area (Å²) in [6.07, 6.45) is 0. The summed E-state index contributed by atoms with van der Waals surface area (Å²) < 4.78 is 5.30. The minimum absolute atomic E-state index is 0.207. The lowest BCUT2D eigenvalue weighted by molar-refractivity contribution is 0.415. The van der Waals surface area contributed by atoms with Crippen molar-refractivity contribution in [3.8, 4) is 38.6 Å². The Morgan fingerprint density at radius 2 is 1.55 bits per heavy atom. The van der Waals surface area contributed by atoms with Gasteiger partial charge in [-0.1, -0.05) is 66.2 Å². The number of rotatable bonds is 4. The van der Waals surface area contributed by atoms with E-state index in [9.17, 15) is 4.79 Å². The first kappa shape index (κ1) is 21.2. The Morgan fingerprint density at radius 3 is 2.21 bits per heavy atom. The highest BCUT2D eigenvalue weighted by atomic mass is 35.5. The van der Waals surface area contributed by atoms with Crippen molar-refractivity contribution in [2.45, 2.75) is 0 Å². The molecule has 0 aliphatic carbocycles. The molecule has 5 aromatic rings. The van der Waals surface area contributed by atoms with Crippen molar-refractivity contribution < 1.29 is 4.74 Å². The second-order valence-electron chi connectivity index (χ2n) is 7.51. The number of methoxy groups -OCH3 is 1. The van der Waals surface area contributed by atoms with Crippen LogP contribution in [0.5, 0.6) is 5.75 Å². The maximum atomic E-state index is 13.5. The predicted octanol–water partition coefficient (Wildman–Crippen LogP) is 6.90. The topological polar surface area (TPSA) is 65.2 Å². The highest BCUT2D eigenvalue weighted by molar-refractivity contribution is 7.21. The first-order chi connectivity index (χ1) is 16.0. The number of nitrogen functional groups attached to an aromatic ring is 1. The Bertz CT molecular complexity index is 1510. The molecular formula is C27H19ClN2O2S. The van der Waals surface area contributed by atoms with Crippen LogP contribution in [-0.4, -0.2) is 12.1 Å². The number of halogens is 1. The van der Waals surface area contributed by atoms with E-state index in [1.54, 1.807) is 19.2 Å². The Hall–Kier alpha value is -3.67. The van der Waals surface area contributed by atoms with Crippen LogP contribution in [0.2, 0.25) is 5.02 Å². The van der Waals surface area contributed by atoms with Gasteiger partial charge in [-0.25, -0.2) is 4.98 Å². The maximum Gasteiger partial charge on any atom is 0.213 e. The SMILES string of the molecule is COc1ccc(-c2cc(-c3ccccc3)nc3sc(-c4ccc(Cl)cc4)c(N)c(=O)c23)cc1. The van der Waals surface area contributed by atoms with Crippen molar-refractivity contribution in [1.82, 2.24) is 4.98 Å². The van der Waals surface area contributed by atoms with Crippen molar-refractivity contribution in [1.29, 1.82) is 0 Å². The molecule has 0 aliphatic heterocycles. The number of fused-ring (bicyclic) bond motifs is 1. The number of aromatic nitrogens is 1. The van der Waals surface area contributed by atoms with Crippen LogP contribution in [0.25, 0.3) is 43.0 Å². The number of benzene rings is 3. The summed E-state index contributed by atoms with van der Waals surface area (Å²) in [5.41, 5.74) is 10.6. The Labute approximate surface area is 199 Å². The quantitative estimate of drug-likeness (QED) is 0.310. The van der Waals surface area contributed by atoms with Gasteiger partial charge in [0.2, 0.25) is 5.43 Å². The Balaban J connectivity index is 1.83. The van der Waals surface area contributed by atoms with Crippen LogP contribution < -0.4 is 15.9 Å². The summed E-state index contributed by atoms with van der Waals surface area (Å²) in [5, 5.41) is 1.14. The summed E-state index contributed by atoms with van der Waals surface area (Å²) in [6.45, 7) is 0. The molecule has 0 bridgehead atoms. The molecule has 4 nitrogen and oxygen atoms in total. The largest absolute Gasteiger partial charge is 0.497 e. The molecule has 0 atom stereocenters. The first-order valence-electron chi connectivity index (χ1n) is 10.3. The third kappa shape index (κ3) is 3.97. The van der Waals surface area contributed by atoms with Gasteiger partial charge >= 0.3 is 0 Å². The van der Waals surface area contributed by atoms with Gasteiger partial charge in [0.05, 0.1) is 28.8 Å². The second kappa shape index (κ2) is 8.70. The molecule has 2 heterocycles. The number of hydrogen-bond acceptors (Lipinski definition) is 5. The van der Waals surface area contributed by atoms with E-state index < -0.39 is 0 Å². The molecule has 0 radical (unpaired) electrons. The fourth-order valence-electron chi connectivity index (χ4n) is 3.78. The second-order valence-corrected chi connectivity index (χ2v) is 8.95. The fraction of sp³-hybridized carbons (Fsp3) is 0.0370. The molecule has 0 amide bonds. The number of nitrogens with two attached hydrogens (primary N) is 1. The number of nitrogens with zero attached hydrogens (tertiary/aromatic N) is 1. The first-order valence-corrected chi connectivity index (χ1v) is 11.5. The molecule has 0 saturated carbocycles. The molecule has 0 unspecified atom stereocenters. The number of ether oxygens (including phenoxy) is 1. The fourth-order valence-corrected chi connectivity index (χ4v) is 5.00. The van der Waals surface area contributed by atoms with E-state index in [0.29, 0.717) is 20.1 Å². The maximum absolute atomic E-state index is 13.5. The summed E-state index contributed by atoms with van der Waals surface area (Å²) >= 11 is 7.46. The van der Waals surface area contributed by atoms with Gasteiger partial charge in [-0.2, -0.15) is 0 Å². The van der Waals surface area contributed by atoms with Gasteiger partial charge in [-0.05, 0) is 47.0 Å². The molecule has 162 valence electrons. The molecule has 2 N–H and O–H groups in total. The molecule has 6 heteroatoms. The van der Waals surface area contributed by atoms with Gasteiger partial charge in [-0.15, -0.1) is 11.3 Å². The third-order valence-electron chi connectivity index (χ3n) is 5.48. The normalized spacial score (nSPS) is 11.0. The van der Waals surface area contributed by atoms with Crippen molar-refractivity contribution >= 4 is 38.8 Å². The standard InChI is InChI=1S/C27H19ClN2O2S/c1-32-20-13-9-16(10-14-20)21-15-22(17-5-3-2-4-6-17)30-27-23(21)25(31)24(29)26(33-27)18-7-11-19(28)12-8-18/h2-15H,29H2,1H3. The summed E-state index contributed by atoms with van der Waals surface area (Å²) in [5.74, 6) is 0.745. The van der Waals surface area contributed by atoms with Crippen molar-refractivity contribution in [2.24, 2.45) is 0 Å². The smallest absolute Gasteiger partial charge is 0.213 e. The van der Waals surface area contributed by atoms with E-state index in [1.807, 2.05) is 72.8 Å². The molecule has 0 aliphatic rings. The number of hydrogen-bond donors (Lipinski definition) is 1. The van der Waals surface area contributed by atoms with Crippen molar-refractivity contribution in [2.75, 3.05) is 12.8 Å². The van der Waals surface area contributed by atoms with Gasteiger partial charge in [-0.3, -0.25) is 4.79 Å². The van der Waals surface area contributed by atoms with Crippen LogP contribution in [0, 0.1) is 0 Å². The van der Waals surface area contributed by atoms with Gasteiger partial charge < -0.3 is 10.5 Å². The lowest BCUT2D eigenvalue weighted by atomic mass is 9.99. The third-order valence-corrected chi connectivity index (χ3v) is 6.88. The highest BCUT2D eigenvalue weighted by Gasteiger charge is 2.18. The summed E-state index contributed by atoms with van der Waals surface area (Å²) in [6, 6.07) is 26.8. The molecule has 0 spiro atoms. The zero-order chi connectivity index (χ0) is 22.9. The van der Waals surface area contributed by atoms with Gasteiger partial charge in [0.15, 0.2) is 0 Å². The van der Waals surface area contributed by atoms with Crippen LogP contribution in [0.3, 0.4) is 0 Å². The highest BCUT2D eigenvalue weighted by Crippen LogP contribution is 2.38. The van der Waals surface area contributed by atoms with E-state index in [-0.39, 0.29) is 11.1 Å². The Kier molecular flexibility index (Phi) is 5.58. The van der Waals surface area contributed by atoms with Crippen LogP contribution in [0.4, 0.5) is 5.69 Å². The summed E-state index contributed by atoms with van der Waals surface area (Å²) in [7, 11) is 1.63.